The molecule has 15 heavy (non-hydrogen) atoms. The maximum absolute atomic E-state index is 2.51. The van der Waals surface area contributed by atoms with Crippen LogP contribution in [0, 0.1) is 0 Å². The van der Waals surface area contributed by atoms with Gasteiger partial charge in [0.2, 0.25) is 0 Å². The standard InChI is InChI=1S/C14H21N/c1-3-14-11-13(9-10-15(14)2)12-7-5-4-6-8-12/h4-8,13-14H,3,9-11H2,1-2H3. The number of piperidine rings is 1. The van der Waals surface area contributed by atoms with E-state index in [4.69, 9.17) is 0 Å². The zero-order valence-corrected chi connectivity index (χ0v) is 9.82. The molecule has 0 saturated carbocycles. The molecule has 82 valence electrons. The van der Waals surface area contributed by atoms with Gasteiger partial charge in [0.15, 0.2) is 0 Å². The van der Waals surface area contributed by atoms with Crippen LogP contribution in [0.5, 0.6) is 0 Å². The molecule has 2 rings (SSSR count). The Morgan fingerprint density at radius 3 is 2.67 bits per heavy atom. The first-order valence-electron chi connectivity index (χ1n) is 6.06. The predicted molar refractivity (Wildman–Crippen MR) is 65.1 cm³/mol. The molecule has 0 aliphatic carbocycles. The molecule has 2 atom stereocenters. The molecule has 0 spiro atoms. The monoisotopic (exact) mass is 203 g/mol. The van der Waals surface area contributed by atoms with Crippen molar-refractivity contribution in [2.24, 2.45) is 0 Å². The van der Waals surface area contributed by atoms with Gasteiger partial charge in [0.05, 0.1) is 0 Å². The predicted octanol–water partition coefficient (Wildman–Crippen LogP) is 3.27. The van der Waals surface area contributed by atoms with E-state index in [9.17, 15) is 0 Å². The van der Waals surface area contributed by atoms with Gasteiger partial charge in [0, 0.05) is 6.04 Å². The summed E-state index contributed by atoms with van der Waals surface area (Å²) in [4.78, 5) is 2.51. The second-order valence-electron chi connectivity index (χ2n) is 4.67. The number of nitrogens with zero attached hydrogens (tertiary/aromatic N) is 1. The van der Waals surface area contributed by atoms with E-state index >= 15 is 0 Å². The molecule has 1 aliphatic heterocycles. The summed E-state index contributed by atoms with van der Waals surface area (Å²) < 4.78 is 0. The van der Waals surface area contributed by atoms with Gasteiger partial charge in [-0.1, -0.05) is 37.3 Å². The van der Waals surface area contributed by atoms with Gasteiger partial charge in [0.25, 0.3) is 0 Å². The van der Waals surface area contributed by atoms with Crippen LogP contribution in [0.15, 0.2) is 30.3 Å². The van der Waals surface area contributed by atoms with Crippen molar-refractivity contribution in [2.75, 3.05) is 13.6 Å². The fourth-order valence-electron chi connectivity index (χ4n) is 2.67. The molecule has 2 unspecified atom stereocenters. The van der Waals surface area contributed by atoms with E-state index < -0.39 is 0 Å². The average molecular weight is 203 g/mol. The van der Waals surface area contributed by atoms with E-state index in [2.05, 4.69) is 49.2 Å². The number of rotatable bonds is 2. The Bertz CT molecular complexity index is 293. The first kappa shape index (κ1) is 10.7. The lowest BCUT2D eigenvalue weighted by Gasteiger charge is -2.36. The van der Waals surface area contributed by atoms with Crippen LogP contribution >= 0.6 is 0 Å². The number of benzene rings is 1. The molecule has 0 bridgehead atoms. The van der Waals surface area contributed by atoms with Crippen molar-refractivity contribution in [3.63, 3.8) is 0 Å². The van der Waals surface area contributed by atoms with E-state index in [-0.39, 0.29) is 0 Å². The fourth-order valence-corrected chi connectivity index (χ4v) is 2.67. The van der Waals surface area contributed by atoms with Crippen LogP contribution in [0.25, 0.3) is 0 Å². The van der Waals surface area contributed by atoms with Crippen molar-refractivity contribution in [3.05, 3.63) is 35.9 Å². The molecular formula is C14H21N. The molecule has 0 radical (unpaired) electrons. The summed E-state index contributed by atoms with van der Waals surface area (Å²) in [6, 6.07) is 11.8. The van der Waals surface area contributed by atoms with E-state index in [1.165, 1.54) is 31.4 Å². The van der Waals surface area contributed by atoms with Crippen LogP contribution in [0.1, 0.15) is 37.7 Å². The van der Waals surface area contributed by atoms with E-state index in [0.717, 1.165) is 12.0 Å². The van der Waals surface area contributed by atoms with Crippen molar-refractivity contribution in [3.8, 4) is 0 Å². The molecule has 1 nitrogen and oxygen atoms in total. The molecule has 1 aromatic carbocycles. The lowest BCUT2D eigenvalue weighted by atomic mass is 9.85. The van der Waals surface area contributed by atoms with Gasteiger partial charge in [-0.25, -0.2) is 0 Å². The Morgan fingerprint density at radius 1 is 1.27 bits per heavy atom. The van der Waals surface area contributed by atoms with Crippen LogP contribution in [-0.4, -0.2) is 24.5 Å². The highest BCUT2D eigenvalue weighted by Crippen LogP contribution is 2.31. The van der Waals surface area contributed by atoms with Gasteiger partial charge in [0.1, 0.15) is 0 Å². The first-order chi connectivity index (χ1) is 7.31. The van der Waals surface area contributed by atoms with Crippen LogP contribution < -0.4 is 0 Å². The minimum atomic E-state index is 0.781. The molecule has 1 fully saturated rings. The topological polar surface area (TPSA) is 3.24 Å². The van der Waals surface area contributed by atoms with Crippen LogP contribution in [0.3, 0.4) is 0 Å². The van der Waals surface area contributed by atoms with Crippen molar-refractivity contribution in [1.29, 1.82) is 0 Å². The summed E-state index contributed by atoms with van der Waals surface area (Å²) in [6.07, 6.45) is 3.92. The first-order valence-corrected chi connectivity index (χ1v) is 6.06. The minimum Gasteiger partial charge on any atom is -0.303 e. The largest absolute Gasteiger partial charge is 0.303 e. The van der Waals surface area contributed by atoms with Gasteiger partial charge in [-0.15, -0.1) is 0 Å². The Kier molecular flexibility index (Phi) is 3.42. The Hall–Kier alpha value is -0.820. The highest BCUT2D eigenvalue weighted by Gasteiger charge is 2.25. The van der Waals surface area contributed by atoms with E-state index in [1.54, 1.807) is 0 Å². The summed E-state index contributed by atoms with van der Waals surface area (Å²) in [5.74, 6) is 0.785. The summed E-state index contributed by atoms with van der Waals surface area (Å²) >= 11 is 0. The summed E-state index contributed by atoms with van der Waals surface area (Å²) in [5.41, 5.74) is 1.53. The van der Waals surface area contributed by atoms with Gasteiger partial charge in [-0.3, -0.25) is 0 Å². The lowest BCUT2D eigenvalue weighted by Crippen LogP contribution is -2.38. The normalized spacial score (nSPS) is 27.9. The molecule has 1 aromatic rings. The second kappa shape index (κ2) is 4.80. The minimum absolute atomic E-state index is 0.781. The van der Waals surface area contributed by atoms with Gasteiger partial charge in [-0.2, -0.15) is 0 Å². The lowest BCUT2D eigenvalue weighted by molar-refractivity contribution is 0.164. The molecule has 0 amide bonds. The maximum atomic E-state index is 2.51. The van der Waals surface area contributed by atoms with Gasteiger partial charge in [-0.05, 0) is 44.3 Å². The van der Waals surface area contributed by atoms with E-state index in [0.29, 0.717) is 0 Å². The number of likely N-dealkylation sites (tertiary alicyclic amines) is 1. The molecule has 0 aromatic heterocycles. The average Bonchev–Trinajstić information content (AvgIpc) is 2.31. The van der Waals surface area contributed by atoms with Crippen LogP contribution in [-0.2, 0) is 0 Å². The van der Waals surface area contributed by atoms with Gasteiger partial charge >= 0.3 is 0 Å². The summed E-state index contributed by atoms with van der Waals surface area (Å²) in [5, 5.41) is 0. The van der Waals surface area contributed by atoms with Crippen molar-refractivity contribution in [1.82, 2.24) is 4.90 Å². The highest BCUT2D eigenvalue weighted by atomic mass is 15.1. The number of hydrogen-bond acceptors (Lipinski definition) is 1. The van der Waals surface area contributed by atoms with Crippen molar-refractivity contribution in [2.45, 2.75) is 38.1 Å². The summed E-state index contributed by atoms with van der Waals surface area (Å²) in [7, 11) is 2.26. The van der Waals surface area contributed by atoms with Gasteiger partial charge < -0.3 is 4.90 Å². The van der Waals surface area contributed by atoms with Crippen LogP contribution in [0.2, 0.25) is 0 Å². The maximum Gasteiger partial charge on any atom is 0.00954 e. The highest BCUT2D eigenvalue weighted by molar-refractivity contribution is 5.20. The molecule has 1 heterocycles. The molecule has 1 heteroatoms. The Balaban J connectivity index is 2.06. The molecule has 1 saturated heterocycles. The SMILES string of the molecule is CCC1CC(c2ccccc2)CCN1C. The quantitative estimate of drug-likeness (QED) is 0.713. The third-order valence-corrected chi connectivity index (χ3v) is 3.75. The third-order valence-electron chi connectivity index (χ3n) is 3.75. The van der Waals surface area contributed by atoms with Crippen molar-refractivity contribution >= 4 is 0 Å². The van der Waals surface area contributed by atoms with E-state index in [1.807, 2.05) is 0 Å². The van der Waals surface area contributed by atoms with Crippen LogP contribution in [0.4, 0.5) is 0 Å². The van der Waals surface area contributed by atoms with Crippen molar-refractivity contribution < 1.29 is 0 Å². The Labute approximate surface area is 93.1 Å². The zero-order valence-electron chi connectivity index (χ0n) is 9.82. The summed E-state index contributed by atoms with van der Waals surface area (Å²) in [6.45, 7) is 3.55. The second-order valence-corrected chi connectivity index (χ2v) is 4.67. The molecule has 0 N–H and O–H groups in total. The fraction of sp³-hybridized carbons (Fsp3) is 0.571. The third kappa shape index (κ3) is 2.40. The Morgan fingerprint density at radius 2 is 2.00 bits per heavy atom. The zero-order chi connectivity index (χ0) is 10.7. The molecule has 1 aliphatic rings. The molecular weight excluding hydrogens is 182 g/mol. The number of hydrogen-bond donors (Lipinski definition) is 0. The smallest absolute Gasteiger partial charge is 0.00954 e.